The number of nitrogens with one attached hydrogen (secondary N) is 1. The van der Waals surface area contributed by atoms with E-state index in [1.54, 1.807) is 0 Å². The summed E-state index contributed by atoms with van der Waals surface area (Å²) >= 11 is 0. The van der Waals surface area contributed by atoms with Crippen LogP contribution in [0.5, 0.6) is 0 Å². The second-order valence-electron chi connectivity index (χ2n) is 6.24. The van der Waals surface area contributed by atoms with E-state index in [4.69, 9.17) is 4.74 Å². The van der Waals surface area contributed by atoms with Crippen LogP contribution in [0.1, 0.15) is 58.8 Å². The lowest BCUT2D eigenvalue weighted by Crippen LogP contribution is -2.44. The molecule has 0 bridgehead atoms. The third-order valence-corrected chi connectivity index (χ3v) is 4.81. The smallest absolute Gasteiger partial charge is 0.220 e. The van der Waals surface area contributed by atoms with E-state index in [9.17, 15) is 4.79 Å². The van der Waals surface area contributed by atoms with Gasteiger partial charge in [0, 0.05) is 19.1 Å². The van der Waals surface area contributed by atoms with Gasteiger partial charge in [-0.2, -0.15) is 0 Å². The molecule has 0 aromatic heterocycles. The fourth-order valence-corrected chi connectivity index (χ4v) is 3.49. The Morgan fingerprint density at radius 2 is 2.15 bits per heavy atom. The van der Waals surface area contributed by atoms with Gasteiger partial charge in [-0.25, -0.2) is 0 Å². The van der Waals surface area contributed by atoms with Crippen molar-refractivity contribution in [2.24, 2.45) is 11.8 Å². The zero-order chi connectivity index (χ0) is 14.4. The Morgan fingerprint density at radius 1 is 1.35 bits per heavy atom. The molecule has 2 aliphatic rings. The van der Waals surface area contributed by atoms with Gasteiger partial charge in [0.25, 0.3) is 0 Å². The van der Waals surface area contributed by atoms with E-state index in [0.717, 1.165) is 45.1 Å². The minimum Gasteiger partial charge on any atom is -0.378 e. The monoisotopic (exact) mass is 279 g/mol. The van der Waals surface area contributed by atoms with Crippen molar-refractivity contribution in [1.82, 2.24) is 5.32 Å². The van der Waals surface area contributed by atoms with Crippen LogP contribution in [0.4, 0.5) is 0 Å². The summed E-state index contributed by atoms with van der Waals surface area (Å²) in [5, 5.41) is 3.23. The summed E-state index contributed by atoms with van der Waals surface area (Å²) in [5.41, 5.74) is 0. The molecule has 1 saturated heterocycles. The maximum Gasteiger partial charge on any atom is 0.220 e. The first-order chi connectivity index (χ1) is 9.72. The normalized spacial score (nSPS) is 29.9. The number of amides is 1. The van der Waals surface area contributed by atoms with Crippen LogP contribution in [-0.2, 0) is 9.53 Å². The average molecular weight is 279 g/mol. The lowest BCUT2D eigenvalue weighted by molar-refractivity contribution is -0.123. The molecule has 114 valence electrons. The highest BCUT2D eigenvalue weighted by atomic mass is 16.5. The molecule has 1 fully saturated rings. The molecule has 1 heterocycles. The topological polar surface area (TPSA) is 38.3 Å². The summed E-state index contributed by atoms with van der Waals surface area (Å²) in [4.78, 5) is 12.1. The van der Waals surface area contributed by atoms with Crippen molar-refractivity contribution in [3.8, 4) is 0 Å². The zero-order valence-electron chi connectivity index (χ0n) is 12.9. The molecule has 3 heteroatoms. The summed E-state index contributed by atoms with van der Waals surface area (Å²) in [6.07, 6.45) is 11.9. The van der Waals surface area contributed by atoms with Crippen molar-refractivity contribution in [3.05, 3.63) is 12.2 Å². The number of hydrogen-bond donors (Lipinski definition) is 1. The average Bonchev–Trinajstić information content (AvgIpc) is 2.93. The van der Waals surface area contributed by atoms with E-state index in [0.29, 0.717) is 30.4 Å². The van der Waals surface area contributed by atoms with Gasteiger partial charge < -0.3 is 10.1 Å². The predicted molar refractivity (Wildman–Crippen MR) is 81.5 cm³/mol. The molecule has 0 saturated carbocycles. The van der Waals surface area contributed by atoms with E-state index in [-0.39, 0.29) is 5.91 Å². The molecule has 0 unspecified atom stereocenters. The molecule has 0 radical (unpaired) electrons. The molecule has 0 aromatic rings. The summed E-state index contributed by atoms with van der Waals surface area (Å²) in [7, 11) is 0. The fourth-order valence-electron chi connectivity index (χ4n) is 3.49. The van der Waals surface area contributed by atoms with Crippen molar-refractivity contribution in [2.75, 3.05) is 6.61 Å². The molecule has 3 nitrogen and oxygen atoms in total. The molecular weight excluding hydrogens is 250 g/mol. The minimum atomic E-state index is 0.219. The Kier molecular flexibility index (Phi) is 6.08. The second kappa shape index (κ2) is 7.82. The molecule has 1 aliphatic carbocycles. The maximum absolute atomic E-state index is 12.1. The highest BCUT2D eigenvalue weighted by molar-refractivity contribution is 5.76. The van der Waals surface area contributed by atoms with Crippen molar-refractivity contribution in [1.29, 1.82) is 0 Å². The first kappa shape index (κ1) is 15.6. The highest BCUT2D eigenvalue weighted by Gasteiger charge is 2.28. The second-order valence-corrected chi connectivity index (χ2v) is 6.24. The van der Waals surface area contributed by atoms with Crippen LogP contribution in [0, 0.1) is 11.8 Å². The van der Waals surface area contributed by atoms with Gasteiger partial charge in [-0.3, -0.25) is 4.79 Å². The van der Waals surface area contributed by atoms with Crippen LogP contribution in [0.15, 0.2) is 12.2 Å². The number of rotatable bonds is 6. The molecule has 0 aromatic carbocycles. The van der Waals surface area contributed by atoms with Gasteiger partial charge in [0.2, 0.25) is 5.91 Å². The zero-order valence-corrected chi connectivity index (χ0v) is 12.9. The summed E-state index contributed by atoms with van der Waals surface area (Å²) < 4.78 is 5.90. The number of carbonyl (C=O) groups is 1. The molecule has 1 N–H and O–H groups in total. The van der Waals surface area contributed by atoms with Gasteiger partial charge in [0.05, 0.1) is 6.10 Å². The minimum absolute atomic E-state index is 0.219. The van der Waals surface area contributed by atoms with E-state index in [1.165, 1.54) is 0 Å². The van der Waals surface area contributed by atoms with Gasteiger partial charge >= 0.3 is 0 Å². The standard InChI is InChI=1S/C17H29NO2/c1-3-14(4-2)16-12-15(9-10-20-16)18-17(19)11-13-7-5-6-8-13/h5,7,13-16H,3-4,6,8-12H2,1-2H3,(H,18,19)/t13-,15-,16+/m1/s1. The number of carbonyl (C=O) groups excluding carboxylic acids is 1. The molecular formula is C17H29NO2. The van der Waals surface area contributed by atoms with Gasteiger partial charge in [-0.05, 0) is 37.5 Å². The Bertz CT molecular complexity index is 336. The summed E-state index contributed by atoms with van der Waals surface area (Å²) in [6, 6.07) is 0.312. The Hall–Kier alpha value is -0.830. The first-order valence-corrected chi connectivity index (χ1v) is 8.30. The third-order valence-electron chi connectivity index (χ3n) is 4.81. The van der Waals surface area contributed by atoms with E-state index < -0.39 is 0 Å². The Balaban J connectivity index is 1.77. The molecule has 2 rings (SSSR count). The van der Waals surface area contributed by atoms with E-state index in [2.05, 4.69) is 31.3 Å². The lowest BCUT2D eigenvalue weighted by Gasteiger charge is -2.34. The lowest BCUT2D eigenvalue weighted by atomic mass is 9.89. The summed E-state index contributed by atoms with van der Waals surface area (Å²) in [5.74, 6) is 1.31. The van der Waals surface area contributed by atoms with E-state index >= 15 is 0 Å². The van der Waals surface area contributed by atoms with Crippen LogP contribution >= 0.6 is 0 Å². The van der Waals surface area contributed by atoms with E-state index in [1.807, 2.05) is 0 Å². The van der Waals surface area contributed by atoms with Crippen molar-refractivity contribution in [3.63, 3.8) is 0 Å². The van der Waals surface area contributed by atoms with Crippen LogP contribution < -0.4 is 5.32 Å². The van der Waals surface area contributed by atoms with Crippen molar-refractivity contribution < 1.29 is 9.53 Å². The highest BCUT2D eigenvalue weighted by Crippen LogP contribution is 2.26. The predicted octanol–water partition coefficient (Wildman–Crippen LogP) is 3.44. The van der Waals surface area contributed by atoms with Crippen molar-refractivity contribution in [2.45, 2.75) is 70.9 Å². The van der Waals surface area contributed by atoms with Gasteiger partial charge in [0.1, 0.15) is 0 Å². The SMILES string of the molecule is CCC(CC)[C@@H]1C[C@H](NC(=O)C[C@@H]2C=CCC2)CCO1. The molecule has 1 amide bonds. The quantitative estimate of drug-likeness (QED) is 0.756. The van der Waals surface area contributed by atoms with Crippen LogP contribution in [0.2, 0.25) is 0 Å². The van der Waals surface area contributed by atoms with Crippen molar-refractivity contribution >= 4 is 5.91 Å². The van der Waals surface area contributed by atoms with Gasteiger partial charge in [-0.15, -0.1) is 0 Å². The third kappa shape index (κ3) is 4.34. The molecule has 20 heavy (non-hydrogen) atoms. The number of hydrogen-bond acceptors (Lipinski definition) is 2. The number of allylic oxidation sites excluding steroid dienone is 2. The van der Waals surface area contributed by atoms with Crippen LogP contribution in [0.25, 0.3) is 0 Å². The largest absolute Gasteiger partial charge is 0.378 e. The Labute approximate surface area is 123 Å². The van der Waals surface area contributed by atoms with Crippen LogP contribution in [0.3, 0.4) is 0 Å². The maximum atomic E-state index is 12.1. The van der Waals surface area contributed by atoms with Gasteiger partial charge in [-0.1, -0.05) is 38.8 Å². The molecule has 3 atom stereocenters. The molecule has 1 aliphatic heterocycles. The van der Waals surface area contributed by atoms with Gasteiger partial charge in [0.15, 0.2) is 0 Å². The Morgan fingerprint density at radius 3 is 2.80 bits per heavy atom. The first-order valence-electron chi connectivity index (χ1n) is 8.30. The summed E-state index contributed by atoms with van der Waals surface area (Å²) in [6.45, 7) is 5.24. The van der Waals surface area contributed by atoms with Crippen LogP contribution in [-0.4, -0.2) is 24.7 Å². The number of ether oxygens (including phenoxy) is 1. The molecule has 0 spiro atoms. The fraction of sp³-hybridized carbons (Fsp3) is 0.824.